The van der Waals surface area contributed by atoms with E-state index in [1.807, 2.05) is 6.07 Å². The fourth-order valence-electron chi connectivity index (χ4n) is 4.60. The third-order valence-electron chi connectivity index (χ3n) is 5.97. The highest BCUT2D eigenvalue weighted by Crippen LogP contribution is 2.56. The number of likely N-dealkylation sites (N-methyl/N-ethyl adjacent to an activating group) is 1. The van der Waals surface area contributed by atoms with Gasteiger partial charge in [0.25, 0.3) is 0 Å². The van der Waals surface area contributed by atoms with Gasteiger partial charge in [0.15, 0.2) is 0 Å². The Morgan fingerprint density at radius 3 is 2.75 bits per heavy atom. The van der Waals surface area contributed by atoms with Gasteiger partial charge < -0.3 is 10.0 Å². The number of likely N-dealkylation sites (tertiary alicyclic amines) is 1. The van der Waals surface area contributed by atoms with E-state index < -0.39 is 0 Å². The van der Waals surface area contributed by atoms with Crippen molar-refractivity contribution >= 4 is 21.6 Å². The maximum atomic E-state index is 10.0. The summed E-state index contributed by atoms with van der Waals surface area (Å²) >= 11 is 3.65. The molecule has 4 rings (SSSR count). The molecular weight excluding hydrogens is 364 g/mol. The topological polar surface area (TPSA) is 26.7 Å². The Morgan fingerprint density at radius 1 is 1.25 bits per heavy atom. The van der Waals surface area contributed by atoms with Gasteiger partial charge >= 0.3 is 0 Å². The van der Waals surface area contributed by atoms with Crippen molar-refractivity contribution in [2.45, 2.75) is 31.3 Å². The van der Waals surface area contributed by atoms with Crippen molar-refractivity contribution in [2.24, 2.45) is 0 Å². The minimum absolute atomic E-state index is 0.0204. The summed E-state index contributed by atoms with van der Waals surface area (Å²) in [7, 11) is 2.18. The highest BCUT2D eigenvalue weighted by molar-refractivity contribution is 9.10. The maximum absolute atomic E-state index is 10.0. The van der Waals surface area contributed by atoms with Crippen molar-refractivity contribution in [1.29, 1.82) is 0 Å². The molecule has 0 spiro atoms. The highest BCUT2D eigenvalue weighted by atomic mass is 79.9. The minimum Gasteiger partial charge on any atom is -0.508 e. The normalized spacial score (nSPS) is 25.8. The number of phenols is 1. The lowest BCUT2D eigenvalue weighted by molar-refractivity contribution is 0.153. The van der Waals surface area contributed by atoms with E-state index in [0.29, 0.717) is 11.7 Å². The van der Waals surface area contributed by atoms with Crippen LogP contribution in [0.1, 0.15) is 30.4 Å². The van der Waals surface area contributed by atoms with E-state index >= 15 is 0 Å². The summed E-state index contributed by atoms with van der Waals surface area (Å²) in [6.07, 6.45) is 2.21. The van der Waals surface area contributed by atoms with Crippen LogP contribution in [-0.4, -0.2) is 35.8 Å². The van der Waals surface area contributed by atoms with Crippen LogP contribution in [0.3, 0.4) is 0 Å². The Morgan fingerprint density at radius 2 is 2.00 bits per heavy atom. The first-order valence-corrected chi connectivity index (χ1v) is 9.36. The van der Waals surface area contributed by atoms with Gasteiger partial charge in [0.2, 0.25) is 0 Å². The van der Waals surface area contributed by atoms with Crippen molar-refractivity contribution in [1.82, 2.24) is 4.90 Å². The van der Waals surface area contributed by atoms with Crippen LogP contribution in [-0.2, 0) is 6.42 Å². The van der Waals surface area contributed by atoms with Crippen molar-refractivity contribution < 1.29 is 5.11 Å². The second kappa shape index (κ2) is 5.78. The largest absolute Gasteiger partial charge is 0.508 e. The first-order chi connectivity index (χ1) is 11.5. The summed E-state index contributed by atoms with van der Waals surface area (Å²) in [6.45, 7) is 4.50. The number of aromatic hydroxyl groups is 1. The van der Waals surface area contributed by atoms with Crippen LogP contribution < -0.4 is 4.90 Å². The van der Waals surface area contributed by atoms with Crippen LogP contribution in [0.15, 0.2) is 46.9 Å². The Labute approximate surface area is 152 Å². The van der Waals surface area contributed by atoms with E-state index in [1.54, 1.807) is 6.07 Å². The van der Waals surface area contributed by atoms with Crippen molar-refractivity contribution in [3.8, 4) is 5.75 Å². The second-order valence-electron chi connectivity index (χ2n) is 7.08. The summed E-state index contributed by atoms with van der Waals surface area (Å²) < 4.78 is 0.985. The molecule has 2 aromatic carbocycles. The molecule has 3 nitrogen and oxygen atoms in total. The van der Waals surface area contributed by atoms with Crippen LogP contribution in [0.5, 0.6) is 5.75 Å². The zero-order chi connectivity index (χ0) is 16.9. The first kappa shape index (κ1) is 16.0. The maximum Gasteiger partial charge on any atom is 0.117 e. The Balaban J connectivity index is 1.62. The van der Waals surface area contributed by atoms with Crippen LogP contribution in [0.2, 0.25) is 0 Å². The van der Waals surface area contributed by atoms with E-state index in [4.69, 9.17) is 0 Å². The number of hydrogen-bond acceptors (Lipinski definition) is 3. The Kier molecular flexibility index (Phi) is 3.85. The highest BCUT2D eigenvalue weighted by Gasteiger charge is 2.54. The molecule has 1 N–H and O–H groups in total. The second-order valence-corrected chi connectivity index (χ2v) is 7.94. The summed E-state index contributed by atoms with van der Waals surface area (Å²) in [6, 6.07) is 14.5. The molecule has 0 aliphatic carbocycles. The summed E-state index contributed by atoms with van der Waals surface area (Å²) in [5.74, 6) is 0.790. The molecule has 2 aromatic rings. The molecule has 2 aliphatic heterocycles. The molecule has 0 amide bonds. The zero-order valence-corrected chi connectivity index (χ0v) is 15.8. The lowest BCUT2D eigenvalue weighted by atomic mass is 9.91. The van der Waals surface area contributed by atoms with Crippen molar-refractivity contribution in [3.05, 3.63) is 58.1 Å². The molecule has 1 fully saturated rings. The average Bonchev–Trinajstić information content (AvgIpc) is 3.00. The number of benzene rings is 2. The standard InChI is InChI=1S/C20H23BrN2O/c1-20-17(16-12-15(24)13-18(21)19(16)22(20)2)9-11-23(20)10-8-14-6-4-3-5-7-14/h3-7,12-13,17,24H,8-11H2,1-2H3/t17-,20?/m0/s1. The zero-order valence-electron chi connectivity index (χ0n) is 14.2. The first-order valence-electron chi connectivity index (χ1n) is 8.57. The van der Waals surface area contributed by atoms with Gasteiger partial charge in [-0.2, -0.15) is 0 Å². The summed E-state index contributed by atoms with van der Waals surface area (Å²) in [4.78, 5) is 5.00. The molecule has 126 valence electrons. The molecule has 2 heterocycles. The fourth-order valence-corrected chi connectivity index (χ4v) is 5.33. The molecule has 24 heavy (non-hydrogen) atoms. The average molecular weight is 387 g/mol. The van der Waals surface area contributed by atoms with E-state index in [0.717, 1.165) is 30.4 Å². The smallest absolute Gasteiger partial charge is 0.117 e. The number of fused-ring (bicyclic) bond motifs is 3. The third kappa shape index (κ3) is 2.27. The number of nitrogens with zero attached hydrogens (tertiary/aromatic N) is 2. The van der Waals surface area contributed by atoms with Crippen LogP contribution >= 0.6 is 15.9 Å². The predicted molar refractivity (Wildman–Crippen MR) is 102 cm³/mol. The molecule has 0 radical (unpaired) electrons. The molecule has 0 aromatic heterocycles. The third-order valence-corrected chi connectivity index (χ3v) is 6.57. The SMILES string of the molecule is CN1c2c(Br)cc(O)cc2[C@@H]2CCN(CCc3ccccc3)C21C. The van der Waals surface area contributed by atoms with Gasteiger partial charge in [-0.1, -0.05) is 30.3 Å². The van der Waals surface area contributed by atoms with Crippen molar-refractivity contribution in [3.63, 3.8) is 0 Å². The van der Waals surface area contributed by atoms with Crippen molar-refractivity contribution in [2.75, 3.05) is 25.0 Å². The Bertz CT molecular complexity index is 764. The molecule has 4 heteroatoms. The monoisotopic (exact) mass is 386 g/mol. The van der Waals surface area contributed by atoms with Gasteiger partial charge in [-0.05, 0) is 59.0 Å². The van der Waals surface area contributed by atoms with Gasteiger partial charge in [0.1, 0.15) is 5.75 Å². The van der Waals surface area contributed by atoms with Gasteiger partial charge in [-0.25, -0.2) is 0 Å². The Hall–Kier alpha value is -1.52. The number of phenolic OH excluding ortho intramolecular Hbond substituents is 1. The molecule has 0 saturated carbocycles. The lowest BCUT2D eigenvalue weighted by Gasteiger charge is -2.42. The van der Waals surface area contributed by atoms with E-state index in [1.165, 1.54) is 16.8 Å². The van der Waals surface area contributed by atoms with Crippen LogP contribution in [0.25, 0.3) is 0 Å². The predicted octanol–water partition coefficient (Wildman–Crippen LogP) is 4.35. The van der Waals surface area contributed by atoms with Gasteiger partial charge in [0, 0.05) is 30.5 Å². The van der Waals surface area contributed by atoms with Gasteiger partial charge in [0.05, 0.1) is 11.4 Å². The van der Waals surface area contributed by atoms with E-state index in [9.17, 15) is 5.11 Å². The lowest BCUT2D eigenvalue weighted by Crippen LogP contribution is -2.54. The molecule has 0 bridgehead atoms. The van der Waals surface area contributed by atoms with Gasteiger partial charge in [-0.15, -0.1) is 0 Å². The summed E-state index contributed by atoms with van der Waals surface area (Å²) in [5.41, 5.74) is 3.87. The van der Waals surface area contributed by atoms with Crippen LogP contribution in [0, 0.1) is 0 Å². The molecular formula is C20H23BrN2O. The number of rotatable bonds is 3. The summed E-state index contributed by atoms with van der Waals surface area (Å²) in [5, 5.41) is 10.0. The number of hydrogen-bond donors (Lipinski definition) is 1. The number of halogens is 1. The van der Waals surface area contributed by atoms with Gasteiger partial charge in [-0.3, -0.25) is 4.90 Å². The molecule has 1 saturated heterocycles. The molecule has 2 atom stereocenters. The minimum atomic E-state index is -0.0204. The van der Waals surface area contributed by atoms with Crippen LogP contribution in [0.4, 0.5) is 5.69 Å². The fraction of sp³-hybridized carbons (Fsp3) is 0.400. The van der Waals surface area contributed by atoms with E-state index in [-0.39, 0.29) is 5.66 Å². The van der Waals surface area contributed by atoms with E-state index in [2.05, 4.69) is 70.0 Å². The quantitative estimate of drug-likeness (QED) is 0.848. The number of anilines is 1. The molecule has 1 unspecified atom stereocenters. The molecule has 2 aliphatic rings.